The van der Waals surface area contributed by atoms with Crippen LogP contribution in [0.2, 0.25) is 0 Å². The number of hydrogen-bond acceptors (Lipinski definition) is 8. The van der Waals surface area contributed by atoms with E-state index in [9.17, 15) is 28.8 Å². The highest BCUT2D eigenvalue weighted by Gasteiger charge is 2.29. The van der Waals surface area contributed by atoms with E-state index in [1.54, 1.807) is 26.0 Å². The average molecular weight is 671 g/mol. The fraction of sp³-hybridized carbons (Fsp3) is 0.515. The highest BCUT2D eigenvalue weighted by molar-refractivity contribution is 6.12. The Morgan fingerprint density at radius 3 is 2.33 bits per heavy atom. The van der Waals surface area contributed by atoms with Gasteiger partial charge in [-0.05, 0) is 36.5 Å². The quantitative estimate of drug-likeness (QED) is 0.0533. The molecule has 1 aromatic carbocycles. The summed E-state index contributed by atoms with van der Waals surface area (Å²) < 4.78 is 11.0. The van der Waals surface area contributed by atoms with Crippen LogP contribution >= 0.6 is 0 Å². The Labute approximate surface area is 281 Å². The van der Waals surface area contributed by atoms with Gasteiger partial charge in [-0.25, -0.2) is 4.79 Å². The third-order valence-electron chi connectivity index (χ3n) is 7.16. The number of nitrogens with one attached hydrogen (secondary N) is 5. The van der Waals surface area contributed by atoms with E-state index in [0.29, 0.717) is 12.1 Å². The summed E-state index contributed by atoms with van der Waals surface area (Å²) in [5.41, 5.74) is 7.54. The number of anilines is 1. The van der Waals surface area contributed by atoms with Crippen molar-refractivity contribution in [2.24, 2.45) is 11.7 Å². The molecule has 0 spiro atoms. The number of primary amides is 1. The van der Waals surface area contributed by atoms with Gasteiger partial charge in [0.15, 0.2) is 0 Å². The van der Waals surface area contributed by atoms with E-state index in [1.165, 1.54) is 17.1 Å². The number of quaternary nitrogens is 1. The van der Waals surface area contributed by atoms with Crippen LogP contribution in [0, 0.1) is 18.3 Å². The zero-order chi connectivity index (χ0) is 35.6. The van der Waals surface area contributed by atoms with E-state index in [2.05, 4.69) is 27.2 Å². The smallest absolute Gasteiger partial charge is 0.312 e. The van der Waals surface area contributed by atoms with Gasteiger partial charge in [0.1, 0.15) is 25.2 Å². The van der Waals surface area contributed by atoms with Crippen molar-refractivity contribution in [3.8, 4) is 12.3 Å². The van der Waals surface area contributed by atoms with Crippen molar-refractivity contribution in [2.45, 2.75) is 58.3 Å². The fourth-order valence-electron chi connectivity index (χ4n) is 4.74. The minimum Gasteiger partial charge on any atom is -0.379 e. The molecule has 0 saturated heterocycles. The Balaban J connectivity index is 2.05. The minimum absolute atomic E-state index is 0.00419. The number of hydrogen-bond donors (Lipinski definition) is 6. The summed E-state index contributed by atoms with van der Waals surface area (Å²) in [6.07, 6.45) is 8.11. The number of amides is 7. The molecule has 2 rings (SSSR count). The van der Waals surface area contributed by atoms with Gasteiger partial charge in [0.2, 0.25) is 17.7 Å². The molecule has 15 heteroatoms. The number of imide groups is 1. The SMILES string of the molecule is C#CCOCc1cc(NC(=O)[C@H](CCCNC(N)=O)NC(=O)C(NC(=O)CCOCCN2C(=O)C=CC2=O)C(C)C)ccc1C[NH+](C)C. The van der Waals surface area contributed by atoms with Gasteiger partial charge in [0.05, 0.1) is 40.5 Å². The maximum Gasteiger partial charge on any atom is 0.312 e. The first-order chi connectivity index (χ1) is 22.8. The van der Waals surface area contributed by atoms with Gasteiger partial charge in [0.25, 0.3) is 11.8 Å². The van der Waals surface area contributed by atoms with Crippen molar-refractivity contribution >= 4 is 41.3 Å². The Hall–Kier alpha value is -4.78. The lowest BCUT2D eigenvalue weighted by Crippen LogP contribution is -3.04. The molecule has 7 amide bonds. The van der Waals surface area contributed by atoms with Gasteiger partial charge in [-0.1, -0.05) is 25.8 Å². The van der Waals surface area contributed by atoms with Crippen molar-refractivity contribution < 1.29 is 43.1 Å². The lowest BCUT2D eigenvalue weighted by molar-refractivity contribution is -0.872. The van der Waals surface area contributed by atoms with Crippen LogP contribution in [0.4, 0.5) is 10.5 Å². The van der Waals surface area contributed by atoms with Crippen LogP contribution < -0.4 is 31.9 Å². The van der Waals surface area contributed by atoms with Gasteiger partial charge in [-0.3, -0.25) is 28.9 Å². The standard InChI is InChI=1S/C33H47N7O8/c1-6-16-48-21-24-19-25(10-9-23(24)20-39(4)5)36-31(44)26(8-7-14-35-33(34)46)37-32(45)30(22(2)3)38-27(41)13-17-47-18-15-40-28(42)11-12-29(40)43/h1,9-12,19,22,26,30H,7-8,13-18,20-21H2,2-5H3,(H,36,44)(H,37,45)(H,38,41)(H3,34,35,46)/p+1/t26-,30?/m0/s1. The van der Waals surface area contributed by atoms with Gasteiger partial charge < -0.3 is 41.4 Å². The molecule has 262 valence electrons. The van der Waals surface area contributed by atoms with Crippen LogP contribution in [-0.2, 0) is 46.6 Å². The maximum atomic E-state index is 13.5. The summed E-state index contributed by atoms with van der Waals surface area (Å²) in [6, 6.07) is 2.79. The number of benzene rings is 1. The van der Waals surface area contributed by atoms with Crippen LogP contribution in [0.3, 0.4) is 0 Å². The van der Waals surface area contributed by atoms with E-state index >= 15 is 0 Å². The molecule has 2 atom stereocenters. The van der Waals surface area contributed by atoms with E-state index in [-0.39, 0.29) is 58.3 Å². The Bertz CT molecular complexity index is 1350. The number of urea groups is 1. The molecule has 7 N–H and O–H groups in total. The first kappa shape index (κ1) is 39.4. The van der Waals surface area contributed by atoms with Gasteiger partial charge in [-0.15, -0.1) is 6.42 Å². The number of nitrogens with two attached hydrogens (primary N) is 1. The van der Waals surface area contributed by atoms with Crippen molar-refractivity contribution in [3.63, 3.8) is 0 Å². The number of carbonyl (C=O) groups is 6. The third-order valence-corrected chi connectivity index (χ3v) is 7.16. The lowest BCUT2D eigenvalue weighted by Gasteiger charge is -2.25. The number of terminal acetylenes is 1. The molecule has 1 heterocycles. The van der Waals surface area contributed by atoms with Crippen LogP contribution in [0.1, 0.15) is 44.2 Å². The highest BCUT2D eigenvalue weighted by atomic mass is 16.5. The van der Waals surface area contributed by atoms with Crippen LogP contribution in [0.5, 0.6) is 0 Å². The van der Waals surface area contributed by atoms with Crippen LogP contribution in [0.25, 0.3) is 0 Å². The molecule has 0 bridgehead atoms. The van der Waals surface area contributed by atoms with Crippen molar-refractivity contribution in [3.05, 3.63) is 41.5 Å². The first-order valence-corrected chi connectivity index (χ1v) is 15.8. The Morgan fingerprint density at radius 2 is 1.71 bits per heavy atom. The second kappa shape index (κ2) is 20.5. The molecule has 48 heavy (non-hydrogen) atoms. The Morgan fingerprint density at radius 1 is 1.00 bits per heavy atom. The third kappa shape index (κ3) is 13.9. The normalized spacial score (nSPS) is 13.7. The first-order valence-electron chi connectivity index (χ1n) is 15.8. The summed E-state index contributed by atoms with van der Waals surface area (Å²) in [7, 11) is 4.04. The topological polar surface area (TPSA) is 203 Å². The predicted octanol–water partition coefficient (Wildman–Crippen LogP) is -1.17. The van der Waals surface area contributed by atoms with E-state index < -0.39 is 47.7 Å². The van der Waals surface area contributed by atoms with Gasteiger partial charge >= 0.3 is 6.03 Å². The molecule has 0 aromatic heterocycles. The highest BCUT2D eigenvalue weighted by Crippen LogP contribution is 2.18. The maximum absolute atomic E-state index is 13.5. The molecule has 0 fully saturated rings. The van der Waals surface area contributed by atoms with E-state index in [4.69, 9.17) is 21.6 Å². The summed E-state index contributed by atoms with van der Waals surface area (Å²) in [4.78, 5) is 76.2. The molecule has 1 unspecified atom stereocenters. The van der Waals surface area contributed by atoms with Gasteiger partial charge in [0, 0.05) is 36.4 Å². The summed E-state index contributed by atoms with van der Waals surface area (Å²) in [5.74, 6) is -0.233. The lowest BCUT2D eigenvalue weighted by atomic mass is 10.0. The van der Waals surface area contributed by atoms with Crippen molar-refractivity contribution in [2.75, 3.05) is 52.3 Å². The molecule has 1 aliphatic rings. The minimum atomic E-state index is -1.01. The molecular weight excluding hydrogens is 622 g/mol. The molecule has 1 aliphatic heterocycles. The Kier molecular flexibility index (Phi) is 16.8. The van der Waals surface area contributed by atoms with E-state index in [1.807, 2.05) is 20.2 Å². The van der Waals surface area contributed by atoms with Crippen molar-refractivity contribution in [1.29, 1.82) is 0 Å². The number of nitrogens with zero attached hydrogens (tertiary/aromatic N) is 1. The number of carbonyl (C=O) groups excluding carboxylic acids is 6. The molecule has 0 radical (unpaired) electrons. The number of rotatable bonds is 21. The summed E-state index contributed by atoms with van der Waals surface area (Å²) >= 11 is 0. The monoisotopic (exact) mass is 670 g/mol. The second-order valence-electron chi connectivity index (χ2n) is 11.9. The average Bonchev–Trinajstić information content (AvgIpc) is 3.34. The molecule has 0 saturated carbocycles. The zero-order valence-corrected chi connectivity index (χ0v) is 28.1. The zero-order valence-electron chi connectivity index (χ0n) is 28.1. The van der Waals surface area contributed by atoms with Crippen molar-refractivity contribution in [1.82, 2.24) is 20.9 Å². The molecular formula is C33H48N7O8+. The summed E-state index contributed by atoms with van der Waals surface area (Å²) in [6.45, 7) is 4.94. The molecule has 0 aliphatic carbocycles. The number of ether oxygens (including phenoxy) is 2. The summed E-state index contributed by atoms with van der Waals surface area (Å²) in [5, 5.41) is 10.8. The predicted molar refractivity (Wildman–Crippen MR) is 177 cm³/mol. The second-order valence-corrected chi connectivity index (χ2v) is 11.9. The largest absolute Gasteiger partial charge is 0.379 e. The van der Waals surface area contributed by atoms with Crippen LogP contribution in [-0.4, -0.2) is 99.6 Å². The molecule has 15 nitrogen and oxygen atoms in total. The fourth-order valence-corrected chi connectivity index (χ4v) is 4.74. The molecule has 1 aromatic rings. The van der Waals surface area contributed by atoms with Crippen LogP contribution in [0.15, 0.2) is 30.4 Å². The van der Waals surface area contributed by atoms with Gasteiger partial charge in [-0.2, -0.15) is 0 Å². The van der Waals surface area contributed by atoms with E-state index in [0.717, 1.165) is 22.6 Å².